The van der Waals surface area contributed by atoms with Gasteiger partial charge >= 0.3 is 6.18 Å². The van der Waals surface area contributed by atoms with Gasteiger partial charge in [-0.2, -0.15) is 13.2 Å². The number of carbonyl (C=O) groups excluding carboxylic acids is 1. The van der Waals surface area contributed by atoms with Crippen LogP contribution >= 0.6 is 11.8 Å². The van der Waals surface area contributed by atoms with Gasteiger partial charge in [0.25, 0.3) is 0 Å². The quantitative estimate of drug-likeness (QED) is 0.670. The molecule has 0 aromatic heterocycles. The molecule has 140 valence electrons. The van der Waals surface area contributed by atoms with E-state index in [9.17, 15) is 18.0 Å². The maximum absolute atomic E-state index is 13.3. The summed E-state index contributed by atoms with van der Waals surface area (Å²) < 4.78 is 39.9. The summed E-state index contributed by atoms with van der Waals surface area (Å²) in [7, 11) is 0. The van der Waals surface area contributed by atoms with Crippen LogP contribution in [0, 0.1) is 11.3 Å². The lowest BCUT2D eigenvalue weighted by atomic mass is 9.84. The van der Waals surface area contributed by atoms with E-state index in [-0.39, 0.29) is 22.8 Å². The Morgan fingerprint density at radius 1 is 1.28 bits per heavy atom. The van der Waals surface area contributed by atoms with Crippen molar-refractivity contribution >= 4 is 17.7 Å². The van der Waals surface area contributed by atoms with E-state index in [1.165, 1.54) is 23.9 Å². The number of hydrogen-bond acceptors (Lipinski definition) is 2. The van der Waals surface area contributed by atoms with Gasteiger partial charge in [-0.25, -0.2) is 0 Å². The van der Waals surface area contributed by atoms with E-state index in [0.29, 0.717) is 18.7 Å². The summed E-state index contributed by atoms with van der Waals surface area (Å²) >= 11 is 1.41. The zero-order valence-corrected chi connectivity index (χ0v) is 16.0. The first-order valence-electron chi connectivity index (χ1n) is 8.56. The lowest BCUT2D eigenvalue weighted by molar-refractivity contribution is -0.140. The molecule has 0 N–H and O–H groups in total. The van der Waals surface area contributed by atoms with E-state index in [1.54, 1.807) is 11.0 Å². The molecule has 1 aromatic rings. The molecule has 6 heteroatoms. The average molecular weight is 373 g/mol. The van der Waals surface area contributed by atoms with Crippen LogP contribution in [0.4, 0.5) is 13.2 Å². The summed E-state index contributed by atoms with van der Waals surface area (Å²) in [6.07, 6.45) is -3.12. The van der Waals surface area contributed by atoms with Crippen LogP contribution in [0.5, 0.6) is 0 Å². The molecule has 0 spiro atoms. The summed E-state index contributed by atoms with van der Waals surface area (Å²) in [6, 6.07) is 5.58. The van der Waals surface area contributed by atoms with Crippen molar-refractivity contribution in [2.45, 2.75) is 52.1 Å². The third-order valence-electron chi connectivity index (χ3n) is 4.23. The third-order valence-corrected chi connectivity index (χ3v) is 5.47. The Morgan fingerprint density at radius 3 is 2.52 bits per heavy atom. The highest BCUT2D eigenvalue weighted by atomic mass is 32.2. The number of alkyl halides is 3. The Balaban J connectivity index is 2.17. The van der Waals surface area contributed by atoms with E-state index in [0.717, 1.165) is 12.5 Å². The number of benzene rings is 1. The van der Waals surface area contributed by atoms with Crippen molar-refractivity contribution < 1.29 is 18.0 Å². The van der Waals surface area contributed by atoms with Crippen molar-refractivity contribution in [3.8, 4) is 0 Å². The third kappa shape index (κ3) is 5.40. The molecule has 1 amide bonds. The molecule has 0 bridgehead atoms. The summed E-state index contributed by atoms with van der Waals surface area (Å²) in [5.74, 6) is 0.816. The van der Waals surface area contributed by atoms with Gasteiger partial charge < -0.3 is 4.90 Å². The van der Waals surface area contributed by atoms with Crippen LogP contribution in [0.25, 0.3) is 0 Å². The van der Waals surface area contributed by atoms with Crippen LogP contribution in [-0.2, 0) is 11.0 Å². The van der Waals surface area contributed by atoms with Crippen LogP contribution in [0.2, 0.25) is 0 Å². The van der Waals surface area contributed by atoms with Crippen LogP contribution in [0.1, 0.15) is 57.0 Å². The Bertz CT molecular complexity index is 609. The predicted octanol–water partition coefficient (Wildman–Crippen LogP) is 5.74. The maximum atomic E-state index is 13.3. The topological polar surface area (TPSA) is 20.3 Å². The van der Waals surface area contributed by atoms with E-state index >= 15 is 0 Å². The minimum Gasteiger partial charge on any atom is -0.326 e. The molecular formula is C19H26F3NOS. The molecule has 1 fully saturated rings. The lowest BCUT2D eigenvalue weighted by Gasteiger charge is -2.29. The molecule has 0 unspecified atom stereocenters. The SMILES string of the molecule is C[C@@H](CC(=O)N1CCS[C@H]1c1ccccc1C(F)(F)F)CC(C)(C)C. The Kier molecular flexibility index (Phi) is 6.13. The molecule has 1 aromatic carbocycles. The first-order valence-corrected chi connectivity index (χ1v) is 9.61. The number of rotatable bonds is 4. The van der Waals surface area contributed by atoms with Crippen LogP contribution in [0.3, 0.4) is 0 Å². The van der Waals surface area contributed by atoms with Gasteiger partial charge in [-0.1, -0.05) is 45.9 Å². The Labute approximate surface area is 152 Å². The van der Waals surface area contributed by atoms with E-state index in [1.807, 2.05) is 6.92 Å². The molecular weight excluding hydrogens is 347 g/mol. The van der Waals surface area contributed by atoms with Crippen molar-refractivity contribution in [3.63, 3.8) is 0 Å². The summed E-state index contributed by atoms with van der Waals surface area (Å²) in [5.41, 5.74) is -0.328. The molecule has 0 aliphatic carbocycles. The van der Waals surface area contributed by atoms with E-state index in [4.69, 9.17) is 0 Å². The van der Waals surface area contributed by atoms with Crippen LogP contribution < -0.4 is 0 Å². The highest BCUT2D eigenvalue weighted by Crippen LogP contribution is 2.44. The fourth-order valence-corrected chi connectivity index (χ4v) is 4.80. The van der Waals surface area contributed by atoms with Crippen LogP contribution in [0.15, 0.2) is 24.3 Å². The van der Waals surface area contributed by atoms with Gasteiger partial charge in [-0.05, 0) is 29.4 Å². The molecule has 1 heterocycles. The number of nitrogens with zero attached hydrogens (tertiary/aromatic N) is 1. The fraction of sp³-hybridized carbons (Fsp3) is 0.632. The van der Waals surface area contributed by atoms with E-state index in [2.05, 4.69) is 20.8 Å². The van der Waals surface area contributed by atoms with Gasteiger partial charge in [0.1, 0.15) is 5.37 Å². The minimum atomic E-state index is -4.41. The van der Waals surface area contributed by atoms with Gasteiger partial charge in [0, 0.05) is 18.7 Å². The van der Waals surface area contributed by atoms with Gasteiger partial charge in [0.2, 0.25) is 5.91 Å². The van der Waals surface area contributed by atoms with Gasteiger partial charge in [-0.15, -0.1) is 11.8 Å². The summed E-state index contributed by atoms with van der Waals surface area (Å²) in [6.45, 7) is 8.92. The van der Waals surface area contributed by atoms with E-state index < -0.39 is 17.1 Å². The molecule has 2 atom stereocenters. The number of hydrogen-bond donors (Lipinski definition) is 0. The van der Waals surface area contributed by atoms with Gasteiger partial charge in [0.05, 0.1) is 5.56 Å². The fourth-order valence-electron chi connectivity index (χ4n) is 3.49. The second kappa shape index (κ2) is 7.60. The molecule has 25 heavy (non-hydrogen) atoms. The smallest absolute Gasteiger partial charge is 0.326 e. The van der Waals surface area contributed by atoms with Crippen molar-refractivity contribution in [1.82, 2.24) is 4.90 Å². The summed E-state index contributed by atoms with van der Waals surface area (Å²) in [4.78, 5) is 14.3. The molecule has 1 aliphatic rings. The molecule has 0 saturated carbocycles. The molecule has 1 saturated heterocycles. The molecule has 2 rings (SSSR count). The molecule has 1 aliphatic heterocycles. The van der Waals surface area contributed by atoms with Crippen molar-refractivity contribution in [2.75, 3.05) is 12.3 Å². The zero-order valence-electron chi connectivity index (χ0n) is 15.2. The Morgan fingerprint density at radius 2 is 1.92 bits per heavy atom. The highest BCUT2D eigenvalue weighted by molar-refractivity contribution is 7.99. The largest absolute Gasteiger partial charge is 0.416 e. The van der Waals surface area contributed by atoms with Crippen molar-refractivity contribution in [2.24, 2.45) is 11.3 Å². The zero-order chi connectivity index (χ0) is 18.8. The second-order valence-electron chi connectivity index (χ2n) is 7.97. The Hall–Kier alpha value is -1.17. The van der Waals surface area contributed by atoms with Crippen molar-refractivity contribution in [1.29, 1.82) is 0 Å². The molecule has 2 nitrogen and oxygen atoms in total. The van der Waals surface area contributed by atoms with Gasteiger partial charge in [0.15, 0.2) is 0 Å². The highest BCUT2D eigenvalue weighted by Gasteiger charge is 2.39. The first kappa shape index (κ1) is 20.1. The second-order valence-corrected chi connectivity index (χ2v) is 9.16. The van der Waals surface area contributed by atoms with Crippen molar-refractivity contribution in [3.05, 3.63) is 35.4 Å². The van der Waals surface area contributed by atoms with Gasteiger partial charge in [-0.3, -0.25) is 4.79 Å². The normalized spacial score (nSPS) is 20.0. The number of carbonyl (C=O) groups is 1. The number of amides is 1. The maximum Gasteiger partial charge on any atom is 0.416 e. The standard InChI is InChI=1S/C19H26F3NOS/c1-13(12-18(2,3)4)11-16(24)23-9-10-25-17(23)14-7-5-6-8-15(14)19(20,21)22/h5-8,13,17H,9-12H2,1-4H3/t13-,17-/m0/s1. The monoisotopic (exact) mass is 373 g/mol. The predicted molar refractivity (Wildman–Crippen MR) is 96.2 cm³/mol. The minimum absolute atomic E-state index is 0.0521. The lowest BCUT2D eigenvalue weighted by Crippen LogP contribution is -2.32. The van der Waals surface area contributed by atoms with Crippen LogP contribution in [-0.4, -0.2) is 23.1 Å². The average Bonchev–Trinajstić information content (AvgIpc) is 2.93. The first-order chi connectivity index (χ1) is 11.5. The number of halogens is 3. The number of thioether (sulfide) groups is 1. The molecule has 0 radical (unpaired) electrons. The summed E-state index contributed by atoms with van der Waals surface area (Å²) in [5, 5.41) is -0.549.